The number of ether oxygens (including phenoxy) is 1. The van der Waals surface area contributed by atoms with Gasteiger partial charge in [0.1, 0.15) is 11.3 Å². The first-order chi connectivity index (χ1) is 10.3. The third-order valence-electron chi connectivity index (χ3n) is 4.00. The summed E-state index contributed by atoms with van der Waals surface area (Å²) in [5.74, 6) is 0.877. The Hall–Kier alpha value is -1.81. The first-order valence-corrected chi connectivity index (χ1v) is 7.64. The standard InChI is InChI=1S/C17H22N2O2/c1-3-15(18-19-10-6-8-14(19)12-20-2)17-11-13-7-4-5-9-16(13)21-17/h4-5,7,9,11,14H,3,6,8,10,12H2,1-2H3/b18-15+/t14-/m0/s1. The topological polar surface area (TPSA) is 38.0 Å². The second kappa shape index (κ2) is 6.31. The fourth-order valence-corrected chi connectivity index (χ4v) is 2.89. The highest BCUT2D eigenvalue weighted by atomic mass is 16.5. The Morgan fingerprint density at radius 2 is 2.29 bits per heavy atom. The van der Waals surface area contributed by atoms with Gasteiger partial charge in [-0.1, -0.05) is 25.1 Å². The summed E-state index contributed by atoms with van der Waals surface area (Å²) in [6, 6.07) is 10.6. The van der Waals surface area contributed by atoms with E-state index in [0.29, 0.717) is 6.04 Å². The van der Waals surface area contributed by atoms with Crippen LogP contribution in [0, 0.1) is 0 Å². The van der Waals surface area contributed by atoms with E-state index in [1.807, 2.05) is 18.2 Å². The molecule has 1 atom stereocenters. The fraction of sp³-hybridized carbons (Fsp3) is 0.471. The smallest absolute Gasteiger partial charge is 0.151 e. The van der Waals surface area contributed by atoms with Crippen molar-refractivity contribution in [2.75, 3.05) is 20.3 Å². The van der Waals surface area contributed by atoms with Gasteiger partial charge in [0, 0.05) is 19.0 Å². The van der Waals surface area contributed by atoms with E-state index in [0.717, 1.165) is 48.4 Å². The summed E-state index contributed by atoms with van der Waals surface area (Å²) < 4.78 is 11.2. The Labute approximate surface area is 125 Å². The van der Waals surface area contributed by atoms with Crippen LogP contribution in [0.3, 0.4) is 0 Å². The molecule has 1 fully saturated rings. The number of hydrogen-bond acceptors (Lipinski definition) is 4. The highest BCUT2D eigenvalue weighted by molar-refractivity contribution is 6.01. The number of methoxy groups -OCH3 is 1. The second-order valence-corrected chi connectivity index (χ2v) is 5.46. The van der Waals surface area contributed by atoms with E-state index in [1.165, 1.54) is 6.42 Å². The highest BCUT2D eigenvalue weighted by Gasteiger charge is 2.24. The van der Waals surface area contributed by atoms with Gasteiger partial charge in [0.25, 0.3) is 0 Å². The van der Waals surface area contributed by atoms with E-state index in [4.69, 9.17) is 14.3 Å². The van der Waals surface area contributed by atoms with Crippen molar-refractivity contribution in [1.82, 2.24) is 5.01 Å². The van der Waals surface area contributed by atoms with Crippen molar-refractivity contribution in [3.8, 4) is 0 Å². The minimum Gasteiger partial charge on any atom is -0.455 e. The maximum Gasteiger partial charge on any atom is 0.151 e. The first kappa shape index (κ1) is 14.1. The Morgan fingerprint density at radius 1 is 1.43 bits per heavy atom. The highest BCUT2D eigenvalue weighted by Crippen LogP contribution is 2.23. The normalized spacial score (nSPS) is 19.6. The number of hydrazone groups is 1. The molecule has 0 saturated carbocycles. The molecule has 0 N–H and O–H groups in total. The lowest BCUT2D eigenvalue weighted by atomic mass is 10.2. The lowest BCUT2D eigenvalue weighted by Crippen LogP contribution is -2.29. The molecule has 4 nitrogen and oxygen atoms in total. The number of benzene rings is 1. The number of para-hydroxylation sites is 1. The van der Waals surface area contributed by atoms with Gasteiger partial charge in [0.2, 0.25) is 0 Å². The zero-order valence-corrected chi connectivity index (χ0v) is 12.7. The zero-order valence-electron chi connectivity index (χ0n) is 12.7. The number of furan rings is 1. The molecule has 1 aliphatic rings. The quantitative estimate of drug-likeness (QED) is 0.787. The van der Waals surface area contributed by atoms with E-state index < -0.39 is 0 Å². The molecule has 0 amide bonds. The molecule has 0 radical (unpaired) electrons. The molecule has 21 heavy (non-hydrogen) atoms. The van der Waals surface area contributed by atoms with E-state index in [-0.39, 0.29) is 0 Å². The monoisotopic (exact) mass is 286 g/mol. The number of rotatable bonds is 5. The van der Waals surface area contributed by atoms with Gasteiger partial charge in [-0.05, 0) is 31.4 Å². The molecule has 1 aromatic carbocycles. The molecule has 0 unspecified atom stereocenters. The molecule has 4 heteroatoms. The number of fused-ring (bicyclic) bond motifs is 1. The van der Waals surface area contributed by atoms with Crippen molar-refractivity contribution < 1.29 is 9.15 Å². The molecule has 1 aromatic heterocycles. The van der Waals surface area contributed by atoms with Crippen LogP contribution in [0.1, 0.15) is 31.9 Å². The van der Waals surface area contributed by atoms with Crippen molar-refractivity contribution >= 4 is 16.7 Å². The Kier molecular flexibility index (Phi) is 4.25. The van der Waals surface area contributed by atoms with Gasteiger partial charge in [-0.2, -0.15) is 5.10 Å². The third-order valence-corrected chi connectivity index (χ3v) is 4.00. The molecular formula is C17H22N2O2. The number of hydrogen-bond donors (Lipinski definition) is 0. The van der Waals surface area contributed by atoms with Gasteiger partial charge < -0.3 is 9.15 Å². The van der Waals surface area contributed by atoms with Gasteiger partial charge in [-0.3, -0.25) is 5.01 Å². The van der Waals surface area contributed by atoms with E-state index in [1.54, 1.807) is 7.11 Å². The summed E-state index contributed by atoms with van der Waals surface area (Å²) in [4.78, 5) is 0. The largest absolute Gasteiger partial charge is 0.455 e. The van der Waals surface area contributed by atoms with Crippen LogP contribution in [0.5, 0.6) is 0 Å². The van der Waals surface area contributed by atoms with Crippen LogP contribution in [0.25, 0.3) is 11.0 Å². The Morgan fingerprint density at radius 3 is 3.05 bits per heavy atom. The summed E-state index contributed by atoms with van der Waals surface area (Å²) in [5, 5.41) is 8.13. The third kappa shape index (κ3) is 2.95. The minimum absolute atomic E-state index is 0.390. The van der Waals surface area contributed by atoms with E-state index >= 15 is 0 Å². The van der Waals surface area contributed by atoms with Crippen molar-refractivity contribution in [1.29, 1.82) is 0 Å². The molecule has 3 rings (SSSR count). The zero-order chi connectivity index (χ0) is 14.7. The van der Waals surface area contributed by atoms with Crippen LogP contribution in [0.15, 0.2) is 39.9 Å². The van der Waals surface area contributed by atoms with E-state index in [9.17, 15) is 0 Å². The minimum atomic E-state index is 0.390. The second-order valence-electron chi connectivity index (χ2n) is 5.46. The van der Waals surface area contributed by atoms with Gasteiger partial charge in [-0.25, -0.2) is 0 Å². The van der Waals surface area contributed by atoms with Crippen molar-refractivity contribution in [2.45, 2.75) is 32.2 Å². The molecule has 0 aliphatic carbocycles. The first-order valence-electron chi connectivity index (χ1n) is 7.64. The average molecular weight is 286 g/mol. The van der Waals surface area contributed by atoms with Gasteiger partial charge in [0.15, 0.2) is 5.76 Å². The molecule has 112 valence electrons. The lowest BCUT2D eigenvalue weighted by Gasteiger charge is -2.21. The molecule has 1 aliphatic heterocycles. The average Bonchev–Trinajstić information content (AvgIpc) is 3.11. The maximum atomic E-state index is 5.94. The fourth-order valence-electron chi connectivity index (χ4n) is 2.89. The predicted octanol–water partition coefficient (Wildman–Crippen LogP) is 3.66. The van der Waals surface area contributed by atoms with Crippen LogP contribution >= 0.6 is 0 Å². The number of nitrogens with zero attached hydrogens (tertiary/aromatic N) is 2. The van der Waals surface area contributed by atoms with Crippen LogP contribution in [0.4, 0.5) is 0 Å². The van der Waals surface area contributed by atoms with Crippen molar-refractivity contribution in [3.63, 3.8) is 0 Å². The van der Waals surface area contributed by atoms with Crippen LogP contribution in [-0.4, -0.2) is 37.0 Å². The van der Waals surface area contributed by atoms with Crippen LogP contribution < -0.4 is 0 Å². The van der Waals surface area contributed by atoms with Gasteiger partial charge in [0.05, 0.1) is 12.6 Å². The molecule has 0 spiro atoms. The Bertz CT molecular complexity index is 600. The summed E-state index contributed by atoms with van der Waals surface area (Å²) in [5.41, 5.74) is 1.93. The molecular weight excluding hydrogens is 264 g/mol. The lowest BCUT2D eigenvalue weighted by molar-refractivity contribution is 0.117. The predicted molar refractivity (Wildman–Crippen MR) is 84.6 cm³/mol. The van der Waals surface area contributed by atoms with Crippen LogP contribution in [-0.2, 0) is 4.74 Å². The van der Waals surface area contributed by atoms with Crippen molar-refractivity contribution in [2.24, 2.45) is 5.10 Å². The SMILES string of the molecule is CC/C(=N\N1CCC[C@H]1COC)c1cc2ccccc2o1. The Balaban J connectivity index is 1.88. The molecule has 2 heterocycles. The summed E-state index contributed by atoms with van der Waals surface area (Å²) in [7, 11) is 1.75. The summed E-state index contributed by atoms with van der Waals surface area (Å²) >= 11 is 0. The molecule has 2 aromatic rings. The summed E-state index contributed by atoms with van der Waals surface area (Å²) in [6.45, 7) is 3.85. The van der Waals surface area contributed by atoms with Crippen LogP contribution in [0.2, 0.25) is 0 Å². The van der Waals surface area contributed by atoms with Crippen molar-refractivity contribution in [3.05, 3.63) is 36.1 Å². The molecule has 0 bridgehead atoms. The molecule has 1 saturated heterocycles. The van der Waals surface area contributed by atoms with Gasteiger partial charge in [-0.15, -0.1) is 0 Å². The van der Waals surface area contributed by atoms with E-state index in [2.05, 4.69) is 24.1 Å². The summed E-state index contributed by atoms with van der Waals surface area (Å²) in [6.07, 6.45) is 3.18. The maximum absolute atomic E-state index is 5.94. The van der Waals surface area contributed by atoms with Gasteiger partial charge >= 0.3 is 0 Å².